The van der Waals surface area contributed by atoms with Gasteiger partial charge in [-0.2, -0.15) is 0 Å². The predicted octanol–water partition coefficient (Wildman–Crippen LogP) is 4.98. The average Bonchev–Trinajstić information content (AvgIpc) is 3.58. The number of carboxylic acids is 1. The van der Waals surface area contributed by atoms with Gasteiger partial charge in [-0.1, -0.05) is 82.6 Å². The first-order valence-corrected chi connectivity index (χ1v) is 21.0. The number of unbranched alkanes of at least 4 members (excludes halogenated alkanes) is 12. The van der Waals surface area contributed by atoms with E-state index in [-0.39, 0.29) is 64.7 Å². The van der Waals surface area contributed by atoms with E-state index in [9.17, 15) is 28.7 Å². The SMILES string of the molecule is CCCCn1c(=O)c(C(=O)NCCCN2CCCC2=O)c(CCCCCCCC/C=C\CCCCCCCC(=O)[O-])c2ncc(Cc3ccc(F)cc3)cc21.[Na+]. The minimum Gasteiger partial charge on any atom is -0.550 e. The van der Waals surface area contributed by atoms with Gasteiger partial charge >= 0.3 is 29.6 Å². The number of hydrogen-bond acceptors (Lipinski definition) is 6. The molecule has 1 aliphatic heterocycles. The van der Waals surface area contributed by atoms with E-state index in [1.807, 2.05) is 17.2 Å². The molecule has 1 aromatic carbocycles. The Morgan fingerprint density at radius 3 is 2.16 bits per heavy atom. The summed E-state index contributed by atoms with van der Waals surface area (Å²) in [5.41, 5.74) is 3.89. The molecule has 9 nitrogen and oxygen atoms in total. The van der Waals surface area contributed by atoms with Gasteiger partial charge in [0.05, 0.1) is 11.0 Å². The number of nitrogens with zero attached hydrogens (tertiary/aromatic N) is 3. The zero-order chi connectivity index (χ0) is 39.3. The number of likely N-dealkylation sites (tertiary alicyclic amines) is 1. The molecule has 1 fully saturated rings. The number of carbonyl (C=O) groups is 3. The number of hydrogen-bond donors (Lipinski definition) is 1. The second kappa shape index (κ2) is 26.6. The van der Waals surface area contributed by atoms with Crippen molar-refractivity contribution in [1.82, 2.24) is 19.8 Å². The Bertz CT molecular complexity index is 1760. The van der Waals surface area contributed by atoms with Crippen molar-refractivity contribution in [3.8, 4) is 0 Å². The van der Waals surface area contributed by atoms with Crippen LogP contribution in [0.1, 0.15) is 156 Å². The molecule has 1 N–H and O–H groups in total. The molecule has 0 spiro atoms. The van der Waals surface area contributed by atoms with Gasteiger partial charge in [-0.3, -0.25) is 19.4 Å². The fourth-order valence-corrected chi connectivity index (χ4v) is 7.44. The van der Waals surface area contributed by atoms with Gasteiger partial charge < -0.3 is 24.7 Å². The van der Waals surface area contributed by atoms with Crippen LogP contribution < -0.4 is 45.5 Å². The molecule has 0 bridgehead atoms. The summed E-state index contributed by atoms with van der Waals surface area (Å²) in [4.78, 5) is 57.4. The summed E-state index contributed by atoms with van der Waals surface area (Å²) in [6.45, 7) is 4.29. The van der Waals surface area contributed by atoms with Crippen LogP contribution in [0.3, 0.4) is 0 Å². The molecule has 2 amide bonds. The summed E-state index contributed by atoms with van der Waals surface area (Å²) >= 11 is 0. The molecule has 11 heteroatoms. The number of halogens is 1. The number of pyridine rings is 2. The van der Waals surface area contributed by atoms with E-state index < -0.39 is 5.97 Å². The third kappa shape index (κ3) is 15.9. The topological polar surface area (TPSA) is 124 Å². The van der Waals surface area contributed by atoms with Crippen molar-refractivity contribution < 1.29 is 53.4 Å². The van der Waals surface area contributed by atoms with E-state index in [1.54, 1.807) is 16.7 Å². The van der Waals surface area contributed by atoms with Crippen molar-refractivity contribution in [2.75, 3.05) is 19.6 Å². The summed E-state index contributed by atoms with van der Waals surface area (Å²) in [5.74, 6) is -1.46. The standard InChI is InChI=1S/C45H63FN4O5.Na/c1-2-3-31-50-39-33-36(32-35-24-26-37(46)27-25-35)34-48-43(39)38(42(45(50)55)44(54)47-28-20-30-49-29-19-22-40(49)51)21-17-15-13-11-9-7-5-4-6-8-10-12-14-16-18-23-41(52)53;/h4,6,24-27,33-34H,2-3,5,7-23,28-32H2,1H3,(H,47,54)(H,52,53);/q;+1/p-1/b6-4-;. The maximum atomic E-state index is 14.3. The summed E-state index contributed by atoms with van der Waals surface area (Å²) < 4.78 is 15.3. The summed E-state index contributed by atoms with van der Waals surface area (Å²) in [7, 11) is 0. The number of carboxylic acid groups (broad SMARTS) is 1. The molecule has 1 aliphatic rings. The number of nitrogens with one attached hydrogen (secondary N) is 1. The first kappa shape index (κ1) is 47.0. The Morgan fingerprint density at radius 1 is 0.857 bits per heavy atom. The third-order valence-corrected chi connectivity index (χ3v) is 10.6. The molecule has 0 atom stereocenters. The zero-order valence-corrected chi connectivity index (χ0v) is 36.1. The minimum atomic E-state index is -0.956. The van der Waals surface area contributed by atoms with Crippen LogP contribution in [0.4, 0.5) is 4.39 Å². The number of benzene rings is 1. The zero-order valence-electron chi connectivity index (χ0n) is 34.1. The molecule has 300 valence electrons. The number of allylic oxidation sites excluding steroid dienone is 2. The quantitative estimate of drug-likeness (QED) is 0.0662. The molecule has 4 rings (SSSR count). The van der Waals surface area contributed by atoms with Gasteiger partial charge in [0.2, 0.25) is 5.91 Å². The predicted molar refractivity (Wildman–Crippen MR) is 215 cm³/mol. The number of carbonyl (C=O) groups excluding carboxylic acids is 3. The first-order chi connectivity index (χ1) is 26.8. The molecule has 2 aromatic heterocycles. The van der Waals surface area contributed by atoms with Crippen molar-refractivity contribution >= 4 is 28.8 Å². The number of amides is 2. The summed E-state index contributed by atoms with van der Waals surface area (Å²) in [6, 6.07) is 8.43. The van der Waals surface area contributed by atoms with Crippen LogP contribution >= 0.6 is 0 Å². The van der Waals surface area contributed by atoms with Crippen LogP contribution in [0.15, 0.2) is 53.5 Å². The molecule has 0 radical (unpaired) electrons. The number of fused-ring (bicyclic) bond motifs is 1. The molecule has 0 saturated carbocycles. The van der Waals surface area contributed by atoms with E-state index in [0.29, 0.717) is 62.8 Å². The number of aryl methyl sites for hydroxylation is 2. The van der Waals surface area contributed by atoms with Gasteiger partial charge in [0.1, 0.15) is 11.4 Å². The second-order valence-corrected chi connectivity index (χ2v) is 15.1. The van der Waals surface area contributed by atoms with E-state index in [0.717, 1.165) is 120 Å². The van der Waals surface area contributed by atoms with Crippen LogP contribution in [-0.4, -0.2) is 51.9 Å². The molecule has 0 unspecified atom stereocenters. The van der Waals surface area contributed by atoms with Gasteiger partial charge in [0.25, 0.3) is 11.5 Å². The van der Waals surface area contributed by atoms with Gasteiger partial charge in [-0.15, -0.1) is 0 Å². The minimum absolute atomic E-state index is 0. The van der Waals surface area contributed by atoms with Gasteiger partial charge in [-0.05, 0) is 112 Å². The Balaban J connectivity index is 0.00000841. The van der Waals surface area contributed by atoms with Crippen LogP contribution in [0.5, 0.6) is 0 Å². The van der Waals surface area contributed by atoms with E-state index in [4.69, 9.17) is 4.98 Å². The number of aromatic nitrogens is 2. The van der Waals surface area contributed by atoms with E-state index in [1.165, 1.54) is 12.1 Å². The molecular formula is C45H62FN4NaO5. The van der Waals surface area contributed by atoms with Crippen LogP contribution in [0.2, 0.25) is 0 Å². The van der Waals surface area contributed by atoms with Gasteiger partial charge in [0, 0.05) is 44.8 Å². The average molecular weight is 781 g/mol. The van der Waals surface area contributed by atoms with Gasteiger partial charge in [0.15, 0.2) is 0 Å². The molecule has 1 saturated heterocycles. The molecule has 0 aliphatic carbocycles. The monoisotopic (exact) mass is 780 g/mol. The van der Waals surface area contributed by atoms with E-state index >= 15 is 0 Å². The van der Waals surface area contributed by atoms with Crippen molar-refractivity contribution in [3.63, 3.8) is 0 Å². The van der Waals surface area contributed by atoms with Crippen LogP contribution in [0.25, 0.3) is 11.0 Å². The van der Waals surface area contributed by atoms with Crippen molar-refractivity contribution in [1.29, 1.82) is 0 Å². The molecule has 3 aromatic rings. The third-order valence-electron chi connectivity index (χ3n) is 10.6. The van der Waals surface area contributed by atoms with Gasteiger partial charge in [-0.25, -0.2) is 4.39 Å². The van der Waals surface area contributed by atoms with Crippen molar-refractivity contribution in [2.45, 2.75) is 148 Å². The molecule has 3 heterocycles. The normalized spacial score (nSPS) is 12.8. The molecular weight excluding hydrogens is 719 g/mol. The summed E-state index contributed by atoms with van der Waals surface area (Å²) in [5, 5.41) is 13.5. The Labute approximate surface area is 355 Å². The van der Waals surface area contributed by atoms with E-state index in [2.05, 4.69) is 24.4 Å². The number of rotatable bonds is 27. The fourth-order valence-electron chi connectivity index (χ4n) is 7.44. The summed E-state index contributed by atoms with van der Waals surface area (Å²) in [6.07, 6.45) is 24.9. The second-order valence-electron chi connectivity index (χ2n) is 15.1. The Kier molecular flexibility index (Phi) is 22.3. The molecule has 56 heavy (non-hydrogen) atoms. The van der Waals surface area contributed by atoms with Crippen LogP contribution in [0, 0.1) is 5.82 Å². The fraction of sp³-hybridized carbons (Fsp3) is 0.578. The Morgan fingerprint density at radius 2 is 1.52 bits per heavy atom. The first-order valence-electron chi connectivity index (χ1n) is 21.0. The smallest absolute Gasteiger partial charge is 0.550 e. The maximum absolute atomic E-state index is 14.3. The maximum Gasteiger partial charge on any atom is 1.00 e. The van der Waals surface area contributed by atoms with Crippen LogP contribution in [-0.2, 0) is 29.0 Å². The Hall–Kier alpha value is -3.34. The van der Waals surface area contributed by atoms with Crippen molar-refractivity contribution in [3.05, 3.63) is 87.1 Å². The largest absolute Gasteiger partial charge is 1.00 e. The number of aliphatic carboxylic acids is 1. The van der Waals surface area contributed by atoms with Crippen molar-refractivity contribution in [2.24, 2.45) is 0 Å².